The van der Waals surface area contributed by atoms with Gasteiger partial charge in [0, 0.05) is 63.0 Å². The number of rotatable bonds is 7. The largest absolute Gasteiger partial charge is 0.376 e. The van der Waals surface area contributed by atoms with Gasteiger partial charge in [-0.25, -0.2) is 0 Å². The van der Waals surface area contributed by atoms with Crippen LogP contribution in [-0.4, -0.2) is 77.6 Å². The Labute approximate surface area is 212 Å². The molecule has 2 saturated heterocycles. The zero-order chi connectivity index (χ0) is 21.5. The second-order valence-electron chi connectivity index (χ2n) is 7.97. The fraction of sp³-hybridized carbons (Fsp3) is 0.591. The van der Waals surface area contributed by atoms with Gasteiger partial charge in [-0.05, 0) is 31.0 Å². The van der Waals surface area contributed by atoms with Gasteiger partial charge in [0.25, 0.3) is 0 Å². The number of ether oxygens (including phenoxy) is 1. The highest BCUT2D eigenvalue weighted by Crippen LogP contribution is 2.21. The topological polar surface area (TPSA) is 70.8 Å². The molecule has 1 unspecified atom stereocenters. The number of nitrogens with zero attached hydrogens (tertiary/aromatic N) is 6. The van der Waals surface area contributed by atoms with Crippen molar-refractivity contribution in [1.29, 1.82) is 0 Å². The van der Waals surface area contributed by atoms with E-state index in [2.05, 4.69) is 42.9 Å². The number of piperazine rings is 1. The Morgan fingerprint density at radius 3 is 2.84 bits per heavy atom. The number of anilines is 1. The summed E-state index contributed by atoms with van der Waals surface area (Å²) in [4.78, 5) is 9.66. The monoisotopic (exact) mass is 573 g/mol. The number of nitrogens with one attached hydrogen (secondary N) is 1. The highest BCUT2D eigenvalue weighted by Gasteiger charge is 2.21. The van der Waals surface area contributed by atoms with E-state index in [1.165, 1.54) is 5.69 Å². The van der Waals surface area contributed by atoms with E-state index >= 15 is 0 Å². The third-order valence-corrected chi connectivity index (χ3v) is 6.10. The second kappa shape index (κ2) is 12.6. The molecule has 4 rings (SSSR count). The van der Waals surface area contributed by atoms with Crippen molar-refractivity contribution in [3.05, 3.63) is 41.4 Å². The zero-order valence-corrected chi connectivity index (χ0v) is 21.7. The van der Waals surface area contributed by atoms with Crippen molar-refractivity contribution in [2.24, 2.45) is 4.99 Å². The Kier molecular flexibility index (Phi) is 9.86. The minimum absolute atomic E-state index is 0. The van der Waals surface area contributed by atoms with E-state index in [1.54, 1.807) is 6.33 Å². The van der Waals surface area contributed by atoms with E-state index in [9.17, 15) is 0 Å². The van der Waals surface area contributed by atoms with Crippen molar-refractivity contribution in [2.75, 3.05) is 50.8 Å². The molecule has 0 aliphatic carbocycles. The van der Waals surface area contributed by atoms with Gasteiger partial charge in [-0.15, -0.1) is 34.2 Å². The third-order valence-electron chi connectivity index (χ3n) is 5.87. The first kappa shape index (κ1) is 25.0. The van der Waals surface area contributed by atoms with E-state index in [1.807, 2.05) is 18.2 Å². The van der Waals surface area contributed by atoms with Crippen LogP contribution < -0.4 is 10.2 Å². The standard InChI is InChI=1S/C22H32ClN7O.HI/c1-2-21-27-26-17-30(21)9-8-24-22(25-16-20-7-4-14-31-20)29-12-10-28(11-13-29)19-6-3-5-18(23)15-19;/h3,5-6,15,17,20H,2,4,7-14,16H2,1H3,(H,24,25);1H. The number of hydrogen-bond acceptors (Lipinski definition) is 5. The summed E-state index contributed by atoms with van der Waals surface area (Å²) >= 11 is 6.18. The molecular formula is C22H33ClIN7O. The molecule has 1 aromatic carbocycles. The Hall–Kier alpha value is -1.59. The van der Waals surface area contributed by atoms with Crippen molar-refractivity contribution in [2.45, 2.75) is 38.8 Å². The van der Waals surface area contributed by atoms with Gasteiger partial charge >= 0.3 is 0 Å². The van der Waals surface area contributed by atoms with Crippen LogP contribution in [0, 0.1) is 0 Å². The first-order chi connectivity index (χ1) is 15.2. The highest BCUT2D eigenvalue weighted by molar-refractivity contribution is 14.0. The van der Waals surface area contributed by atoms with Gasteiger partial charge in [0.15, 0.2) is 5.96 Å². The molecule has 10 heteroatoms. The normalized spacial score (nSPS) is 19.2. The molecule has 0 radical (unpaired) electrons. The maximum atomic E-state index is 6.18. The summed E-state index contributed by atoms with van der Waals surface area (Å²) < 4.78 is 7.87. The predicted molar refractivity (Wildman–Crippen MR) is 139 cm³/mol. The first-order valence-electron chi connectivity index (χ1n) is 11.2. The molecule has 2 aliphatic rings. The molecule has 0 amide bonds. The lowest BCUT2D eigenvalue weighted by molar-refractivity contribution is 0.117. The molecule has 3 heterocycles. The molecule has 1 aromatic heterocycles. The summed E-state index contributed by atoms with van der Waals surface area (Å²) in [6.45, 7) is 8.97. The van der Waals surface area contributed by atoms with Gasteiger partial charge in [0.2, 0.25) is 0 Å². The van der Waals surface area contributed by atoms with Crippen LogP contribution in [0.15, 0.2) is 35.6 Å². The van der Waals surface area contributed by atoms with Crippen molar-refractivity contribution >= 4 is 47.2 Å². The minimum Gasteiger partial charge on any atom is -0.376 e. The van der Waals surface area contributed by atoms with E-state index in [0.29, 0.717) is 6.54 Å². The average Bonchev–Trinajstić information content (AvgIpc) is 3.48. The second-order valence-corrected chi connectivity index (χ2v) is 8.41. The van der Waals surface area contributed by atoms with Gasteiger partial charge in [-0.1, -0.05) is 24.6 Å². The Balaban J connectivity index is 0.00000289. The molecule has 1 N–H and O–H groups in total. The van der Waals surface area contributed by atoms with Crippen LogP contribution >= 0.6 is 35.6 Å². The van der Waals surface area contributed by atoms with E-state index in [-0.39, 0.29) is 30.1 Å². The Morgan fingerprint density at radius 1 is 1.28 bits per heavy atom. The maximum Gasteiger partial charge on any atom is 0.194 e. The van der Waals surface area contributed by atoms with E-state index < -0.39 is 0 Å². The third kappa shape index (κ3) is 6.71. The van der Waals surface area contributed by atoms with Crippen LogP contribution in [0.5, 0.6) is 0 Å². The molecule has 32 heavy (non-hydrogen) atoms. The molecule has 2 fully saturated rings. The molecule has 2 aliphatic heterocycles. The summed E-state index contributed by atoms with van der Waals surface area (Å²) in [5, 5.41) is 12.5. The smallest absolute Gasteiger partial charge is 0.194 e. The van der Waals surface area contributed by atoms with Gasteiger partial charge in [-0.2, -0.15) is 0 Å². The van der Waals surface area contributed by atoms with Crippen LogP contribution in [-0.2, 0) is 17.7 Å². The predicted octanol–water partition coefficient (Wildman–Crippen LogP) is 3.06. The van der Waals surface area contributed by atoms with E-state index in [4.69, 9.17) is 21.3 Å². The van der Waals surface area contributed by atoms with Crippen LogP contribution in [0.3, 0.4) is 0 Å². The fourth-order valence-corrected chi connectivity index (χ4v) is 4.31. The quantitative estimate of drug-likeness (QED) is 0.312. The Morgan fingerprint density at radius 2 is 2.12 bits per heavy atom. The fourth-order valence-electron chi connectivity index (χ4n) is 4.12. The van der Waals surface area contributed by atoms with Crippen LogP contribution in [0.4, 0.5) is 5.69 Å². The summed E-state index contributed by atoms with van der Waals surface area (Å²) in [5.41, 5.74) is 1.18. The minimum atomic E-state index is 0. The molecule has 0 spiro atoms. The van der Waals surface area contributed by atoms with Crippen molar-refractivity contribution in [1.82, 2.24) is 25.0 Å². The summed E-state index contributed by atoms with van der Waals surface area (Å²) in [5.74, 6) is 1.97. The van der Waals surface area contributed by atoms with Crippen molar-refractivity contribution in [3.63, 3.8) is 0 Å². The molecule has 1 atom stereocenters. The van der Waals surface area contributed by atoms with Gasteiger partial charge in [-0.3, -0.25) is 4.99 Å². The molecule has 0 saturated carbocycles. The average molecular weight is 574 g/mol. The van der Waals surface area contributed by atoms with Gasteiger partial charge < -0.3 is 24.4 Å². The number of benzene rings is 1. The number of halogens is 2. The number of aliphatic imine (C=N–C) groups is 1. The maximum absolute atomic E-state index is 6.18. The summed E-state index contributed by atoms with van der Waals surface area (Å²) in [7, 11) is 0. The molecule has 2 aromatic rings. The first-order valence-corrected chi connectivity index (χ1v) is 11.6. The van der Waals surface area contributed by atoms with Crippen LogP contribution in [0.1, 0.15) is 25.6 Å². The zero-order valence-electron chi connectivity index (χ0n) is 18.6. The number of hydrogen-bond donors (Lipinski definition) is 1. The molecule has 176 valence electrons. The van der Waals surface area contributed by atoms with Crippen LogP contribution in [0.25, 0.3) is 0 Å². The van der Waals surface area contributed by atoms with Gasteiger partial charge in [0.05, 0.1) is 12.6 Å². The lowest BCUT2D eigenvalue weighted by Crippen LogP contribution is -2.53. The summed E-state index contributed by atoms with van der Waals surface area (Å²) in [6, 6.07) is 8.08. The summed E-state index contributed by atoms with van der Waals surface area (Å²) in [6.07, 6.45) is 5.15. The molecule has 0 bridgehead atoms. The highest BCUT2D eigenvalue weighted by atomic mass is 127. The molecule has 8 nitrogen and oxygen atoms in total. The number of aryl methyl sites for hydroxylation is 1. The van der Waals surface area contributed by atoms with Crippen molar-refractivity contribution < 1.29 is 4.74 Å². The number of aromatic nitrogens is 3. The van der Waals surface area contributed by atoms with Crippen LogP contribution in [0.2, 0.25) is 5.02 Å². The van der Waals surface area contributed by atoms with Gasteiger partial charge in [0.1, 0.15) is 12.2 Å². The van der Waals surface area contributed by atoms with E-state index in [0.717, 1.165) is 81.9 Å². The lowest BCUT2D eigenvalue weighted by Gasteiger charge is -2.38. The lowest BCUT2D eigenvalue weighted by atomic mass is 10.2. The number of guanidine groups is 1. The SMILES string of the molecule is CCc1nncn1CCNC(=NCC1CCCO1)N1CCN(c2cccc(Cl)c2)CC1.I. The Bertz CT molecular complexity index is 863. The molecular weight excluding hydrogens is 541 g/mol. The van der Waals surface area contributed by atoms with Crippen molar-refractivity contribution in [3.8, 4) is 0 Å².